The number of benzene rings is 2. The van der Waals surface area contributed by atoms with Gasteiger partial charge < -0.3 is 0 Å². The highest BCUT2D eigenvalue weighted by Crippen LogP contribution is 2.23. The smallest absolute Gasteiger partial charge is 0.214 e. The molecule has 2 rings (SSSR count). The van der Waals surface area contributed by atoms with Crippen molar-refractivity contribution < 1.29 is 8.42 Å². The Morgan fingerprint density at radius 2 is 1.33 bits per heavy atom. The van der Waals surface area contributed by atoms with Crippen LogP contribution in [0.15, 0.2) is 57.9 Å². The van der Waals surface area contributed by atoms with Gasteiger partial charge in [-0.15, -0.1) is 0 Å². The van der Waals surface area contributed by atoms with E-state index in [0.29, 0.717) is 0 Å². The summed E-state index contributed by atoms with van der Waals surface area (Å²) in [5, 5.41) is 0. The van der Waals surface area contributed by atoms with Crippen LogP contribution in [0.5, 0.6) is 0 Å². The molecule has 94 valence electrons. The van der Waals surface area contributed by atoms with E-state index in [1.807, 2.05) is 24.3 Å². The summed E-state index contributed by atoms with van der Waals surface area (Å²) in [7, 11) is -1.96. The molecular weight excluding hydrogens is 314 g/mol. The van der Waals surface area contributed by atoms with Crippen LogP contribution >= 0.6 is 15.9 Å². The minimum atomic E-state index is -3.36. The van der Waals surface area contributed by atoms with Crippen LogP contribution in [0.4, 0.5) is 0 Å². The molecule has 0 saturated heterocycles. The average molecular weight is 326 g/mol. The topological polar surface area (TPSA) is 46.2 Å². The van der Waals surface area contributed by atoms with Gasteiger partial charge in [0.25, 0.3) is 0 Å². The Bertz CT molecular complexity index is 634. The predicted molar refractivity (Wildman–Crippen MR) is 75.8 cm³/mol. The normalized spacial score (nSPS) is 11.4. The highest BCUT2D eigenvalue weighted by atomic mass is 79.9. The first-order valence-electron chi connectivity index (χ1n) is 5.32. The fourth-order valence-electron chi connectivity index (χ4n) is 1.59. The SMILES string of the molecule is CNS(=O)(=O)c1ccc(-c2ccc(Br)cc2)cc1. The number of hydrogen-bond donors (Lipinski definition) is 1. The van der Waals surface area contributed by atoms with E-state index >= 15 is 0 Å². The molecule has 2 aromatic carbocycles. The Kier molecular flexibility index (Phi) is 3.85. The third-order valence-electron chi connectivity index (χ3n) is 2.61. The van der Waals surface area contributed by atoms with Crippen molar-refractivity contribution in [3.8, 4) is 11.1 Å². The number of hydrogen-bond acceptors (Lipinski definition) is 2. The van der Waals surface area contributed by atoms with Gasteiger partial charge in [0.15, 0.2) is 0 Å². The molecule has 0 bridgehead atoms. The zero-order chi connectivity index (χ0) is 13.2. The quantitative estimate of drug-likeness (QED) is 0.942. The van der Waals surface area contributed by atoms with Gasteiger partial charge in [-0.1, -0.05) is 40.2 Å². The van der Waals surface area contributed by atoms with E-state index in [1.54, 1.807) is 24.3 Å². The minimum Gasteiger partial charge on any atom is -0.214 e. The fraction of sp³-hybridized carbons (Fsp3) is 0.0769. The maximum absolute atomic E-state index is 11.6. The van der Waals surface area contributed by atoms with Gasteiger partial charge in [0.1, 0.15) is 0 Å². The third kappa shape index (κ3) is 2.80. The van der Waals surface area contributed by atoms with E-state index in [9.17, 15) is 8.42 Å². The van der Waals surface area contributed by atoms with E-state index in [-0.39, 0.29) is 4.90 Å². The molecule has 0 aliphatic carbocycles. The van der Waals surface area contributed by atoms with Crippen LogP contribution in [0.3, 0.4) is 0 Å². The van der Waals surface area contributed by atoms with Crippen molar-refractivity contribution >= 4 is 26.0 Å². The molecule has 0 amide bonds. The van der Waals surface area contributed by atoms with Gasteiger partial charge in [0, 0.05) is 4.47 Å². The minimum absolute atomic E-state index is 0.269. The van der Waals surface area contributed by atoms with E-state index in [1.165, 1.54) is 7.05 Å². The molecule has 18 heavy (non-hydrogen) atoms. The predicted octanol–water partition coefficient (Wildman–Crippen LogP) is 3.02. The van der Waals surface area contributed by atoms with Gasteiger partial charge in [-0.05, 0) is 42.4 Å². The first-order chi connectivity index (χ1) is 8.53. The summed E-state index contributed by atoms with van der Waals surface area (Å²) in [6.07, 6.45) is 0. The van der Waals surface area contributed by atoms with E-state index in [0.717, 1.165) is 15.6 Å². The van der Waals surface area contributed by atoms with Crippen LogP contribution in [0.2, 0.25) is 0 Å². The van der Waals surface area contributed by atoms with Crippen LogP contribution in [0.1, 0.15) is 0 Å². The first kappa shape index (κ1) is 13.3. The molecule has 5 heteroatoms. The van der Waals surface area contributed by atoms with Crippen molar-refractivity contribution in [3.05, 3.63) is 53.0 Å². The first-order valence-corrected chi connectivity index (χ1v) is 7.60. The summed E-state index contributed by atoms with van der Waals surface area (Å²) >= 11 is 3.38. The van der Waals surface area contributed by atoms with Crippen molar-refractivity contribution in [2.75, 3.05) is 7.05 Å². The van der Waals surface area contributed by atoms with Crippen molar-refractivity contribution in [2.45, 2.75) is 4.90 Å². The van der Waals surface area contributed by atoms with Crippen LogP contribution in [0, 0.1) is 0 Å². The molecule has 0 unspecified atom stereocenters. The largest absolute Gasteiger partial charge is 0.240 e. The molecule has 0 aliphatic rings. The number of rotatable bonds is 3. The van der Waals surface area contributed by atoms with Crippen LogP contribution in [-0.4, -0.2) is 15.5 Å². The number of halogens is 1. The number of nitrogens with one attached hydrogen (secondary N) is 1. The van der Waals surface area contributed by atoms with Crippen LogP contribution in [0.25, 0.3) is 11.1 Å². The molecular formula is C13H12BrNO2S. The zero-order valence-corrected chi connectivity index (χ0v) is 12.1. The molecule has 2 aromatic rings. The van der Waals surface area contributed by atoms with Gasteiger partial charge in [0.05, 0.1) is 4.90 Å². The summed E-state index contributed by atoms with van der Waals surface area (Å²) in [6.45, 7) is 0. The Morgan fingerprint density at radius 3 is 1.78 bits per heavy atom. The van der Waals surface area contributed by atoms with E-state index in [4.69, 9.17) is 0 Å². The summed E-state index contributed by atoms with van der Waals surface area (Å²) in [5.41, 5.74) is 2.03. The van der Waals surface area contributed by atoms with Crippen molar-refractivity contribution in [2.24, 2.45) is 0 Å². The van der Waals surface area contributed by atoms with Gasteiger partial charge in [-0.2, -0.15) is 0 Å². The third-order valence-corrected chi connectivity index (χ3v) is 4.57. The summed E-state index contributed by atoms with van der Waals surface area (Å²) in [5.74, 6) is 0. The summed E-state index contributed by atoms with van der Waals surface area (Å²) in [4.78, 5) is 0.269. The molecule has 0 atom stereocenters. The number of sulfonamides is 1. The van der Waals surface area contributed by atoms with Gasteiger partial charge in [0.2, 0.25) is 10.0 Å². The lowest BCUT2D eigenvalue weighted by Gasteiger charge is -2.05. The second-order valence-corrected chi connectivity index (χ2v) is 6.54. The maximum Gasteiger partial charge on any atom is 0.240 e. The van der Waals surface area contributed by atoms with E-state index in [2.05, 4.69) is 20.7 Å². The Hall–Kier alpha value is -1.17. The lowest BCUT2D eigenvalue weighted by molar-refractivity contribution is 0.588. The van der Waals surface area contributed by atoms with Crippen molar-refractivity contribution in [1.82, 2.24) is 4.72 Å². The molecule has 1 N–H and O–H groups in total. The molecule has 0 aromatic heterocycles. The average Bonchev–Trinajstić information content (AvgIpc) is 2.40. The molecule has 0 aliphatic heterocycles. The summed E-state index contributed by atoms with van der Waals surface area (Å²) in [6, 6.07) is 14.7. The molecule has 0 fully saturated rings. The van der Waals surface area contributed by atoms with Crippen molar-refractivity contribution in [1.29, 1.82) is 0 Å². The van der Waals surface area contributed by atoms with Gasteiger partial charge in [-0.3, -0.25) is 0 Å². The Labute approximate surface area is 115 Å². The second-order valence-electron chi connectivity index (χ2n) is 3.74. The highest BCUT2D eigenvalue weighted by Gasteiger charge is 2.10. The van der Waals surface area contributed by atoms with Gasteiger partial charge >= 0.3 is 0 Å². The lowest BCUT2D eigenvalue weighted by Crippen LogP contribution is -2.18. The second kappa shape index (κ2) is 5.22. The standard InChI is InChI=1S/C13H12BrNO2S/c1-15-18(16,17)13-8-4-11(5-9-13)10-2-6-12(14)7-3-10/h2-9,15H,1H3. The Morgan fingerprint density at radius 1 is 0.889 bits per heavy atom. The van der Waals surface area contributed by atoms with Crippen molar-refractivity contribution in [3.63, 3.8) is 0 Å². The van der Waals surface area contributed by atoms with Crippen LogP contribution < -0.4 is 4.72 Å². The molecule has 0 heterocycles. The summed E-state index contributed by atoms with van der Waals surface area (Å²) < 4.78 is 26.5. The zero-order valence-electron chi connectivity index (χ0n) is 9.72. The molecule has 0 saturated carbocycles. The highest BCUT2D eigenvalue weighted by molar-refractivity contribution is 9.10. The maximum atomic E-state index is 11.6. The Balaban J connectivity index is 2.36. The lowest BCUT2D eigenvalue weighted by atomic mass is 10.1. The fourth-order valence-corrected chi connectivity index (χ4v) is 2.58. The van der Waals surface area contributed by atoms with E-state index < -0.39 is 10.0 Å². The monoisotopic (exact) mass is 325 g/mol. The molecule has 0 radical (unpaired) electrons. The molecule has 3 nitrogen and oxygen atoms in total. The van der Waals surface area contributed by atoms with Gasteiger partial charge in [-0.25, -0.2) is 13.1 Å². The molecule has 0 spiro atoms. The van der Waals surface area contributed by atoms with Crippen LogP contribution in [-0.2, 0) is 10.0 Å².